The zero-order valence-corrected chi connectivity index (χ0v) is 12.6. The van der Waals surface area contributed by atoms with Crippen molar-refractivity contribution < 1.29 is 0 Å². The van der Waals surface area contributed by atoms with Gasteiger partial charge in [-0.05, 0) is 43.2 Å². The molecule has 0 saturated carbocycles. The first kappa shape index (κ1) is 15.0. The molecule has 18 heavy (non-hydrogen) atoms. The number of nitrogens with zero attached hydrogens (tertiary/aromatic N) is 2. The lowest BCUT2D eigenvalue weighted by Gasteiger charge is -2.34. The Morgan fingerprint density at radius 3 is 2.22 bits per heavy atom. The van der Waals surface area contributed by atoms with Crippen LogP contribution in [0.5, 0.6) is 0 Å². The normalized spacial score (nSPS) is 16.4. The third-order valence-electron chi connectivity index (χ3n) is 3.70. The van der Waals surface area contributed by atoms with E-state index < -0.39 is 0 Å². The van der Waals surface area contributed by atoms with E-state index in [1.54, 1.807) is 0 Å². The molecule has 2 nitrogen and oxygen atoms in total. The van der Waals surface area contributed by atoms with Crippen molar-refractivity contribution in [1.29, 1.82) is 0 Å². The minimum Gasteiger partial charge on any atom is -0.357 e. The van der Waals surface area contributed by atoms with Gasteiger partial charge in [0.05, 0.1) is 0 Å². The number of hydrogen-bond acceptors (Lipinski definition) is 2. The highest BCUT2D eigenvalue weighted by Gasteiger charge is 2.21. The Kier molecular flexibility index (Phi) is 6.17. The van der Waals surface area contributed by atoms with Crippen molar-refractivity contribution in [3.63, 3.8) is 0 Å². The number of piperidine rings is 1. The summed E-state index contributed by atoms with van der Waals surface area (Å²) < 4.78 is 0. The van der Waals surface area contributed by atoms with Crippen molar-refractivity contribution in [2.45, 2.75) is 47.5 Å². The molecule has 1 saturated heterocycles. The average Bonchev–Trinajstić information content (AvgIpc) is 2.42. The maximum absolute atomic E-state index is 4.50. The second-order valence-corrected chi connectivity index (χ2v) is 5.26. The molecular weight excluding hydrogens is 220 g/mol. The molecule has 0 unspecified atom stereocenters. The van der Waals surface area contributed by atoms with E-state index in [9.17, 15) is 0 Å². The Morgan fingerprint density at radius 2 is 1.78 bits per heavy atom. The van der Waals surface area contributed by atoms with E-state index in [4.69, 9.17) is 0 Å². The minimum absolute atomic E-state index is 0.827. The highest BCUT2D eigenvalue weighted by atomic mass is 15.2. The van der Waals surface area contributed by atoms with Gasteiger partial charge in [0.1, 0.15) is 5.82 Å². The largest absolute Gasteiger partial charge is 0.357 e. The number of aryl methyl sites for hydroxylation is 1. The van der Waals surface area contributed by atoms with Gasteiger partial charge < -0.3 is 4.90 Å². The first-order valence-electron chi connectivity index (χ1n) is 7.34. The van der Waals surface area contributed by atoms with Gasteiger partial charge in [-0.3, -0.25) is 0 Å². The lowest BCUT2D eigenvalue weighted by atomic mass is 9.87. The van der Waals surface area contributed by atoms with Gasteiger partial charge in [0, 0.05) is 19.3 Å². The van der Waals surface area contributed by atoms with Crippen molar-refractivity contribution in [1.82, 2.24) is 4.98 Å². The minimum atomic E-state index is 0.827. The molecule has 1 aromatic rings. The van der Waals surface area contributed by atoms with Crippen LogP contribution in [-0.2, 0) is 0 Å². The van der Waals surface area contributed by atoms with Crippen LogP contribution < -0.4 is 4.90 Å². The van der Waals surface area contributed by atoms with Crippen molar-refractivity contribution in [3.05, 3.63) is 23.9 Å². The molecule has 1 aliphatic heterocycles. The first-order chi connectivity index (χ1) is 8.66. The molecule has 2 heterocycles. The van der Waals surface area contributed by atoms with E-state index in [1.807, 2.05) is 20.0 Å². The van der Waals surface area contributed by atoms with Gasteiger partial charge in [-0.25, -0.2) is 4.98 Å². The fourth-order valence-electron chi connectivity index (χ4n) is 2.44. The predicted molar refractivity (Wildman–Crippen MR) is 80.1 cm³/mol. The molecule has 2 heteroatoms. The molecule has 1 aromatic heterocycles. The summed E-state index contributed by atoms with van der Waals surface area (Å²) in [6.07, 6.45) is 4.59. The summed E-state index contributed by atoms with van der Waals surface area (Å²) in [6, 6.07) is 4.29. The molecule has 102 valence electrons. The van der Waals surface area contributed by atoms with Crippen LogP contribution in [-0.4, -0.2) is 18.1 Å². The highest BCUT2D eigenvalue weighted by molar-refractivity contribution is 5.39. The third kappa shape index (κ3) is 4.01. The van der Waals surface area contributed by atoms with Crippen LogP contribution in [0.4, 0.5) is 5.82 Å². The quantitative estimate of drug-likeness (QED) is 0.776. The highest BCUT2D eigenvalue weighted by Crippen LogP contribution is 2.26. The van der Waals surface area contributed by atoms with Gasteiger partial charge in [-0.2, -0.15) is 0 Å². The number of hydrogen-bond donors (Lipinski definition) is 0. The Labute approximate surface area is 112 Å². The van der Waals surface area contributed by atoms with Crippen molar-refractivity contribution in [2.75, 3.05) is 18.0 Å². The van der Waals surface area contributed by atoms with Crippen LogP contribution in [0.1, 0.15) is 46.1 Å². The first-order valence-corrected chi connectivity index (χ1v) is 7.34. The Morgan fingerprint density at radius 1 is 1.17 bits per heavy atom. The predicted octanol–water partition coefficient (Wildman–Crippen LogP) is 4.29. The fraction of sp³-hybridized carbons (Fsp3) is 0.688. The van der Waals surface area contributed by atoms with E-state index in [0.29, 0.717) is 0 Å². The number of rotatable bonds is 2. The van der Waals surface area contributed by atoms with Gasteiger partial charge in [0.15, 0.2) is 0 Å². The summed E-state index contributed by atoms with van der Waals surface area (Å²) in [7, 11) is 0. The molecule has 0 N–H and O–H groups in total. The summed E-state index contributed by atoms with van der Waals surface area (Å²) in [5.74, 6) is 2.88. The monoisotopic (exact) mass is 248 g/mol. The van der Waals surface area contributed by atoms with Crippen LogP contribution in [0.15, 0.2) is 18.3 Å². The molecule has 0 amide bonds. The molecule has 0 aromatic carbocycles. The Balaban J connectivity index is 0.000000771. The van der Waals surface area contributed by atoms with Crippen molar-refractivity contribution in [3.8, 4) is 0 Å². The molecular formula is C16H28N2. The molecule has 1 fully saturated rings. The maximum Gasteiger partial charge on any atom is 0.128 e. The van der Waals surface area contributed by atoms with Gasteiger partial charge in [0.2, 0.25) is 0 Å². The van der Waals surface area contributed by atoms with Crippen LogP contribution >= 0.6 is 0 Å². The average molecular weight is 248 g/mol. The summed E-state index contributed by atoms with van der Waals surface area (Å²) in [5.41, 5.74) is 1.24. The Bertz CT molecular complexity index is 321. The van der Waals surface area contributed by atoms with E-state index in [2.05, 4.69) is 42.8 Å². The van der Waals surface area contributed by atoms with Crippen LogP contribution in [0.3, 0.4) is 0 Å². The standard InChI is InChI=1S/C14H22N2.C2H6/c1-11(2)13-6-8-16(9-7-13)14-5-4-12(3)10-15-14;1-2/h4-5,10-11,13H,6-9H2,1-3H3;1-2H3. The van der Waals surface area contributed by atoms with E-state index in [1.165, 1.54) is 31.5 Å². The molecule has 0 atom stereocenters. The molecule has 0 bridgehead atoms. The van der Waals surface area contributed by atoms with E-state index in [0.717, 1.165) is 17.7 Å². The van der Waals surface area contributed by atoms with Gasteiger partial charge in [-0.1, -0.05) is 33.8 Å². The van der Waals surface area contributed by atoms with E-state index in [-0.39, 0.29) is 0 Å². The van der Waals surface area contributed by atoms with Crippen molar-refractivity contribution in [2.24, 2.45) is 11.8 Å². The third-order valence-corrected chi connectivity index (χ3v) is 3.70. The number of aromatic nitrogens is 1. The molecule has 0 aliphatic carbocycles. The molecule has 0 spiro atoms. The number of anilines is 1. The SMILES string of the molecule is CC.Cc1ccc(N2CCC(C(C)C)CC2)nc1. The van der Waals surface area contributed by atoms with Crippen molar-refractivity contribution >= 4 is 5.82 Å². The lowest BCUT2D eigenvalue weighted by molar-refractivity contribution is 0.310. The summed E-state index contributed by atoms with van der Waals surface area (Å²) in [5, 5.41) is 0. The lowest BCUT2D eigenvalue weighted by Crippen LogP contribution is -2.35. The van der Waals surface area contributed by atoms with Crippen LogP contribution in [0.25, 0.3) is 0 Å². The van der Waals surface area contributed by atoms with E-state index >= 15 is 0 Å². The molecule has 1 aliphatic rings. The van der Waals surface area contributed by atoms with Gasteiger partial charge in [-0.15, -0.1) is 0 Å². The zero-order chi connectivity index (χ0) is 13.5. The van der Waals surface area contributed by atoms with Crippen LogP contribution in [0.2, 0.25) is 0 Å². The fourth-order valence-corrected chi connectivity index (χ4v) is 2.44. The second kappa shape index (κ2) is 7.40. The maximum atomic E-state index is 4.50. The Hall–Kier alpha value is -1.05. The summed E-state index contributed by atoms with van der Waals surface area (Å²) in [4.78, 5) is 6.91. The van der Waals surface area contributed by atoms with Gasteiger partial charge in [0.25, 0.3) is 0 Å². The molecule has 0 radical (unpaired) electrons. The van der Waals surface area contributed by atoms with Crippen LogP contribution in [0, 0.1) is 18.8 Å². The smallest absolute Gasteiger partial charge is 0.128 e. The number of pyridine rings is 1. The molecule has 2 rings (SSSR count). The second-order valence-electron chi connectivity index (χ2n) is 5.26. The van der Waals surface area contributed by atoms with Gasteiger partial charge >= 0.3 is 0 Å². The topological polar surface area (TPSA) is 16.1 Å². The summed E-state index contributed by atoms with van der Waals surface area (Å²) >= 11 is 0. The summed E-state index contributed by atoms with van der Waals surface area (Å²) in [6.45, 7) is 13.1. The zero-order valence-electron chi connectivity index (χ0n) is 12.6.